The highest BCUT2D eigenvalue weighted by Gasteiger charge is 2.04. The fraction of sp³-hybridized carbons (Fsp3) is 0.200. The number of rotatable bonds is 4. The van der Waals surface area contributed by atoms with E-state index in [0.29, 0.717) is 0 Å². The molecule has 2 amide bonds. The van der Waals surface area contributed by atoms with Crippen molar-refractivity contribution >= 4 is 29.3 Å². The first kappa shape index (κ1) is 13.2. The molecule has 1 aromatic carbocycles. The molecule has 0 unspecified atom stereocenters. The van der Waals surface area contributed by atoms with Crippen LogP contribution in [0.4, 0.5) is 14.9 Å². The summed E-state index contributed by atoms with van der Waals surface area (Å²) in [4.78, 5) is 21.4. The lowest BCUT2D eigenvalue weighted by atomic mass is 10.3. The predicted octanol–water partition coefficient (Wildman–Crippen LogP) is 2.08. The van der Waals surface area contributed by atoms with Crippen molar-refractivity contribution in [2.24, 2.45) is 0 Å². The van der Waals surface area contributed by atoms with Crippen LogP contribution in [0.3, 0.4) is 0 Å². The van der Waals surface area contributed by atoms with Crippen molar-refractivity contribution in [2.75, 3.05) is 11.9 Å². The van der Waals surface area contributed by atoms with Gasteiger partial charge in [-0.2, -0.15) is 0 Å². The monoisotopic (exact) mass is 260 g/mol. The average Bonchev–Trinajstić information content (AvgIpc) is 2.14. The third-order valence-electron chi connectivity index (χ3n) is 1.74. The second-order valence-corrected chi connectivity index (χ2v) is 3.62. The van der Waals surface area contributed by atoms with E-state index >= 15 is 0 Å². The van der Waals surface area contributed by atoms with Crippen LogP contribution in [0.15, 0.2) is 18.2 Å². The number of hydrogen-bond donors (Lipinski definition) is 3. The van der Waals surface area contributed by atoms with Crippen molar-refractivity contribution < 1.29 is 19.1 Å². The Labute approximate surface area is 102 Å². The number of anilines is 1. The van der Waals surface area contributed by atoms with Crippen molar-refractivity contribution in [3.05, 3.63) is 29.0 Å². The molecular weight excluding hydrogens is 251 g/mol. The lowest BCUT2D eigenvalue weighted by molar-refractivity contribution is -0.136. The van der Waals surface area contributed by atoms with E-state index in [1.807, 2.05) is 0 Å². The molecule has 0 saturated heterocycles. The molecule has 0 aliphatic heterocycles. The standard InChI is InChI=1S/C10H10ClFN2O3/c11-6-3-7(12)5-8(4-6)14-10(17)13-2-1-9(15)16/h3-5H,1-2H2,(H,15,16)(H2,13,14,17). The van der Waals surface area contributed by atoms with Gasteiger partial charge in [0.05, 0.1) is 6.42 Å². The van der Waals surface area contributed by atoms with Gasteiger partial charge >= 0.3 is 12.0 Å². The summed E-state index contributed by atoms with van der Waals surface area (Å²) < 4.78 is 12.9. The number of carboxylic acids is 1. The predicted molar refractivity (Wildman–Crippen MR) is 60.7 cm³/mol. The molecule has 0 radical (unpaired) electrons. The Morgan fingerprint density at radius 2 is 2.06 bits per heavy atom. The van der Waals surface area contributed by atoms with E-state index in [9.17, 15) is 14.0 Å². The third-order valence-corrected chi connectivity index (χ3v) is 1.96. The third kappa shape index (κ3) is 5.17. The molecule has 0 fully saturated rings. The van der Waals surface area contributed by atoms with Gasteiger partial charge in [-0.3, -0.25) is 4.79 Å². The topological polar surface area (TPSA) is 78.4 Å². The van der Waals surface area contributed by atoms with Crippen molar-refractivity contribution in [1.82, 2.24) is 5.32 Å². The number of halogens is 2. The van der Waals surface area contributed by atoms with Crippen molar-refractivity contribution in [1.29, 1.82) is 0 Å². The van der Waals surface area contributed by atoms with Gasteiger partial charge in [0.15, 0.2) is 0 Å². The summed E-state index contributed by atoms with van der Waals surface area (Å²) in [7, 11) is 0. The van der Waals surface area contributed by atoms with Crippen LogP contribution in [-0.2, 0) is 4.79 Å². The maximum absolute atomic E-state index is 12.9. The minimum atomic E-state index is -1.01. The zero-order chi connectivity index (χ0) is 12.8. The van der Waals surface area contributed by atoms with Gasteiger partial charge in [0.25, 0.3) is 0 Å². The Bertz CT molecular complexity index is 419. The summed E-state index contributed by atoms with van der Waals surface area (Å²) in [5, 5.41) is 13.1. The number of hydrogen-bond acceptors (Lipinski definition) is 2. The summed E-state index contributed by atoms with van der Waals surface area (Å²) in [5.41, 5.74) is 0.197. The summed E-state index contributed by atoms with van der Waals surface area (Å²) in [6.45, 7) is -0.00971. The molecule has 0 aromatic heterocycles. The van der Waals surface area contributed by atoms with E-state index in [4.69, 9.17) is 16.7 Å². The number of carbonyl (C=O) groups excluding carboxylic acids is 1. The highest BCUT2D eigenvalue weighted by Crippen LogP contribution is 2.17. The summed E-state index contributed by atoms with van der Waals surface area (Å²) >= 11 is 5.59. The van der Waals surface area contributed by atoms with Gasteiger partial charge in [0, 0.05) is 17.3 Å². The number of nitrogens with one attached hydrogen (secondary N) is 2. The van der Waals surface area contributed by atoms with E-state index in [2.05, 4.69) is 10.6 Å². The smallest absolute Gasteiger partial charge is 0.319 e. The van der Waals surface area contributed by atoms with Crippen LogP contribution >= 0.6 is 11.6 Å². The molecule has 7 heteroatoms. The van der Waals surface area contributed by atoms with Crippen LogP contribution in [-0.4, -0.2) is 23.7 Å². The second-order valence-electron chi connectivity index (χ2n) is 3.18. The summed E-state index contributed by atoms with van der Waals surface area (Å²) in [6, 6.07) is 2.96. The van der Waals surface area contributed by atoms with Gasteiger partial charge in [-0.15, -0.1) is 0 Å². The Kier molecular flexibility index (Phi) is 4.71. The molecule has 92 valence electrons. The van der Waals surface area contributed by atoms with E-state index in [1.165, 1.54) is 6.07 Å². The average molecular weight is 261 g/mol. The maximum Gasteiger partial charge on any atom is 0.319 e. The minimum absolute atomic E-state index is 0.00971. The molecule has 1 aromatic rings. The van der Waals surface area contributed by atoms with Crippen LogP contribution in [0.25, 0.3) is 0 Å². The maximum atomic E-state index is 12.9. The van der Waals surface area contributed by atoms with Crippen molar-refractivity contribution in [2.45, 2.75) is 6.42 Å². The highest BCUT2D eigenvalue weighted by atomic mass is 35.5. The first-order valence-corrected chi connectivity index (χ1v) is 5.08. The van der Waals surface area contributed by atoms with E-state index in [-0.39, 0.29) is 23.7 Å². The van der Waals surface area contributed by atoms with Gasteiger partial charge in [0.2, 0.25) is 0 Å². The van der Waals surface area contributed by atoms with E-state index in [1.54, 1.807) is 0 Å². The largest absolute Gasteiger partial charge is 0.481 e. The molecular formula is C10H10ClFN2O3. The number of carbonyl (C=O) groups is 2. The molecule has 17 heavy (non-hydrogen) atoms. The zero-order valence-electron chi connectivity index (χ0n) is 8.67. The normalized spacial score (nSPS) is 9.76. The van der Waals surface area contributed by atoms with Crippen LogP contribution in [0.1, 0.15) is 6.42 Å². The van der Waals surface area contributed by atoms with E-state index < -0.39 is 17.8 Å². The fourth-order valence-corrected chi connectivity index (χ4v) is 1.31. The molecule has 0 heterocycles. The van der Waals surface area contributed by atoms with Crippen molar-refractivity contribution in [3.63, 3.8) is 0 Å². The first-order chi connectivity index (χ1) is 7.97. The van der Waals surface area contributed by atoms with Gasteiger partial charge in [-0.05, 0) is 18.2 Å². The molecule has 0 bridgehead atoms. The molecule has 0 saturated carbocycles. The molecule has 1 rings (SSSR count). The van der Waals surface area contributed by atoms with E-state index in [0.717, 1.165) is 12.1 Å². The highest BCUT2D eigenvalue weighted by molar-refractivity contribution is 6.30. The molecule has 5 nitrogen and oxygen atoms in total. The number of urea groups is 1. The van der Waals surface area contributed by atoms with Crippen LogP contribution in [0, 0.1) is 5.82 Å². The summed E-state index contributed by atoms with van der Waals surface area (Å²) in [6.07, 6.45) is -0.183. The van der Waals surface area contributed by atoms with Crippen LogP contribution in [0.5, 0.6) is 0 Å². The van der Waals surface area contributed by atoms with Crippen LogP contribution in [0.2, 0.25) is 5.02 Å². The SMILES string of the molecule is O=C(O)CCNC(=O)Nc1cc(F)cc(Cl)c1. The Morgan fingerprint density at radius 3 is 2.65 bits per heavy atom. The number of carboxylic acid groups (broad SMARTS) is 1. The number of aliphatic carboxylic acids is 1. The molecule has 0 aliphatic rings. The quantitative estimate of drug-likeness (QED) is 0.775. The number of amides is 2. The minimum Gasteiger partial charge on any atom is -0.481 e. The molecule has 0 aliphatic carbocycles. The molecule has 0 spiro atoms. The lowest BCUT2D eigenvalue weighted by Crippen LogP contribution is -2.30. The fourth-order valence-electron chi connectivity index (χ4n) is 1.08. The Hall–Kier alpha value is -1.82. The van der Waals surface area contributed by atoms with Gasteiger partial charge < -0.3 is 15.7 Å². The first-order valence-electron chi connectivity index (χ1n) is 4.70. The Morgan fingerprint density at radius 1 is 1.35 bits per heavy atom. The van der Waals surface area contributed by atoms with Gasteiger partial charge in [0.1, 0.15) is 5.82 Å². The lowest BCUT2D eigenvalue weighted by Gasteiger charge is -2.07. The summed E-state index contributed by atoms with van der Waals surface area (Å²) in [5.74, 6) is -1.59. The van der Waals surface area contributed by atoms with Crippen molar-refractivity contribution in [3.8, 4) is 0 Å². The molecule has 3 N–H and O–H groups in total. The van der Waals surface area contributed by atoms with Gasteiger partial charge in [-0.1, -0.05) is 11.6 Å². The molecule has 0 atom stereocenters. The second kappa shape index (κ2) is 6.05. The Balaban J connectivity index is 2.47. The zero-order valence-corrected chi connectivity index (χ0v) is 9.42. The van der Waals surface area contributed by atoms with Crippen LogP contribution < -0.4 is 10.6 Å². The number of benzene rings is 1. The van der Waals surface area contributed by atoms with Gasteiger partial charge in [-0.25, -0.2) is 9.18 Å².